The molecule has 1 atom stereocenters. The largest absolute Gasteiger partial charge is 0.497 e. The van der Waals surface area contributed by atoms with Gasteiger partial charge in [0.1, 0.15) is 17.5 Å². The second kappa shape index (κ2) is 12.2. The molecule has 2 aliphatic rings. The highest BCUT2D eigenvalue weighted by molar-refractivity contribution is 5.98. The maximum absolute atomic E-state index is 13.3. The van der Waals surface area contributed by atoms with Crippen LogP contribution in [0.25, 0.3) is 0 Å². The van der Waals surface area contributed by atoms with Gasteiger partial charge in [0.25, 0.3) is 5.91 Å². The number of nitrogens with zero attached hydrogens (tertiary/aromatic N) is 2. The lowest BCUT2D eigenvalue weighted by atomic mass is 9.92. The summed E-state index contributed by atoms with van der Waals surface area (Å²) in [4.78, 5) is 30.7. The van der Waals surface area contributed by atoms with Crippen LogP contribution in [0.4, 0.5) is 0 Å². The van der Waals surface area contributed by atoms with Gasteiger partial charge in [-0.1, -0.05) is 13.8 Å². The number of methoxy groups -OCH3 is 2. The molecule has 0 saturated carbocycles. The van der Waals surface area contributed by atoms with Gasteiger partial charge in [0.05, 0.1) is 27.4 Å². The minimum atomic E-state index is -0.570. The van der Waals surface area contributed by atoms with E-state index < -0.39 is 6.04 Å². The molecule has 33 heavy (non-hydrogen) atoms. The average Bonchev–Trinajstić information content (AvgIpc) is 2.85. The number of carbonyl (C=O) groups excluding carboxylic acids is 2. The Bertz CT molecular complexity index is 764. The third-order valence-electron chi connectivity index (χ3n) is 6.72. The zero-order chi connectivity index (χ0) is 23.8. The van der Waals surface area contributed by atoms with Crippen LogP contribution in [-0.2, 0) is 9.53 Å². The van der Waals surface area contributed by atoms with E-state index >= 15 is 0 Å². The zero-order valence-corrected chi connectivity index (χ0v) is 20.5. The molecule has 2 heterocycles. The summed E-state index contributed by atoms with van der Waals surface area (Å²) in [6.45, 7) is 10.2. The molecule has 0 aromatic heterocycles. The molecule has 2 amide bonds. The van der Waals surface area contributed by atoms with Crippen molar-refractivity contribution < 1.29 is 23.8 Å². The molecule has 2 fully saturated rings. The maximum Gasteiger partial charge on any atom is 0.252 e. The van der Waals surface area contributed by atoms with Gasteiger partial charge >= 0.3 is 0 Å². The molecule has 1 N–H and O–H groups in total. The van der Waals surface area contributed by atoms with Crippen molar-refractivity contribution in [2.24, 2.45) is 11.8 Å². The minimum Gasteiger partial charge on any atom is -0.497 e. The van der Waals surface area contributed by atoms with Gasteiger partial charge in [0, 0.05) is 37.8 Å². The molecular formula is C25H39N3O5. The average molecular weight is 462 g/mol. The number of morpholine rings is 1. The number of hydrogen-bond donors (Lipinski definition) is 1. The molecule has 0 radical (unpaired) electrons. The van der Waals surface area contributed by atoms with E-state index in [1.54, 1.807) is 32.4 Å². The van der Waals surface area contributed by atoms with E-state index in [1.165, 1.54) is 6.42 Å². The molecular weight excluding hydrogens is 422 g/mol. The van der Waals surface area contributed by atoms with E-state index in [9.17, 15) is 9.59 Å². The molecule has 8 heteroatoms. The van der Waals surface area contributed by atoms with E-state index in [4.69, 9.17) is 14.2 Å². The number of benzene rings is 1. The first kappa shape index (κ1) is 25.3. The van der Waals surface area contributed by atoms with Gasteiger partial charge in [-0.3, -0.25) is 14.5 Å². The van der Waals surface area contributed by atoms with Crippen LogP contribution in [0.3, 0.4) is 0 Å². The summed E-state index contributed by atoms with van der Waals surface area (Å²) in [6.07, 6.45) is 3.20. The first-order chi connectivity index (χ1) is 15.9. The number of hydrogen-bond acceptors (Lipinski definition) is 6. The Morgan fingerprint density at radius 3 is 2.18 bits per heavy atom. The van der Waals surface area contributed by atoms with Crippen molar-refractivity contribution in [3.8, 4) is 11.5 Å². The first-order valence-electron chi connectivity index (χ1n) is 12.0. The molecule has 1 aromatic carbocycles. The van der Waals surface area contributed by atoms with Gasteiger partial charge in [0.2, 0.25) is 5.91 Å². The molecule has 1 aromatic rings. The van der Waals surface area contributed by atoms with Gasteiger partial charge in [-0.25, -0.2) is 0 Å². The van der Waals surface area contributed by atoms with Gasteiger partial charge in [-0.15, -0.1) is 0 Å². The van der Waals surface area contributed by atoms with Crippen LogP contribution >= 0.6 is 0 Å². The van der Waals surface area contributed by atoms with Crippen molar-refractivity contribution >= 4 is 11.8 Å². The number of carbonyl (C=O) groups is 2. The fourth-order valence-corrected chi connectivity index (χ4v) is 4.51. The van der Waals surface area contributed by atoms with Gasteiger partial charge in [0.15, 0.2) is 0 Å². The predicted octanol–water partition coefficient (Wildman–Crippen LogP) is 2.42. The summed E-state index contributed by atoms with van der Waals surface area (Å²) in [6, 6.07) is 4.45. The SMILES string of the molecule is COc1cc(OC)cc(C(=O)NC(C(=O)N2CCC(CCN3CCOCC3)CC2)C(C)C)c1. The van der Waals surface area contributed by atoms with Crippen molar-refractivity contribution in [3.63, 3.8) is 0 Å². The highest BCUT2D eigenvalue weighted by Gasteiger charge is 2.31. The Morgan fingerprint density at radius 2 is 1.64 bits per heavy atom. The van der Waals surface area contributed by atoms with Crippen LogP contribution in [0.2, 0.25) is 0 Å². The maximum atomic E-state index is 13.3. The fraction of sp³-hybridized carbons (Fsp3) is 0.680. The second-order valence-electron chi connectivity index (χ2n) is 9.31. The number of likely N-dealkylation sites (tertiary alicyclic amines) is 1. The molecule has 8 nitrogen and oxygen atoms in total. The number of ether oxygens (including phenoxy) is 3. The third-order valence-corrected chi connectivity index (χ3v) is 6.72. The molecule has 0 spiro atoms. The lowest BCUT2D eigenvalue weighted by molar-refractivity contribution is -0.135. The Kier molecular flexibility index (Phi) is 9.38. The Balaban J connectivity index is 1.54. The molecule has 2 aliphatic heterocycles. The van der Waals surface area contributed by atoms with Crippen LogP contribution in [0.5, 0.6) is 11.5 Å². The second-order valence-corrected chi connectivity index (χ2v) is 9.31. The summed E-state index contributed by atoms with van der Waals surface area (Å²) < 4.78 is 16.0. The van der Waals surface area contributed by atoms with Crippen LogP contribution < -0.4 is 14.8 Å². The summed E-state index contributed by atoms with van der Waals surface area (Å²) in [5, 5.41) is 2.95. The minimum absolute atomic E-state index is 0.000148. The fourth-order valence-electron chi connectivity index (χ4n) is 4.51. The van der Waals surface area contributed by atoms with E-state index in [2.05, 4.69) is 10.2 Å². The standard InChI is InChI=1S/C25H39N3O5/c1-18(2)23(26-24(29)20-15-21(31-3)17-22(16-20)32-4)25(30)28-9-6-19(7-10-28)5-8-27-11-13-33-14-12-27/h15-19,23H,5-14H2,1-4H3,(H,26,29). The van der Waals surface area contributed by atoms with Gasteiger partial charge < -0.3 is 24.4 Å². The predicted molar refractivity (Wildman–Crippen MR) is 127 cm³/mol. The van der Waals surface area contributed by atoms with Crippen LogP contribution in [-0.4, -0.2) is 87.8 Å². The number of rotatable bonds is 9. The van der Waals surface area contributed by atoms with E-state index in [0.717, 1.165) is 58.8 Å². The van der Waals surface area contributed by atoms with Crippen LogP contribution in [0.1, 0.15) is 43.5 Å². The van der Waals surface area contributed by atoms with Crippen molar-refractivity contribution in [1.82, 2.24) is 15.1 Å². The van der Waals surface area contributed by atoms with Gasteiger partial charge in [-0.05, 0) is 49.8 Å². The van der Waals surface area contributed by atoms with Crippen LogP contribution in [0, 0.1) is 11.8 Å². The highest BCUT2D eigenvalue weighted by Crippen LogP contribution is 2.24. The summed E-state index contributed by atoms with van der Waals surface area (Å²) in [5.74, 6) is 1.39. The van der Waals surface area contributed by atoms with Crippen molar-refractivity contribution in [2.75, 3.05) is 60.2 Å². The normalized spacial score (nSPS) is 18.8. The van der Waals surface area contributed by atoms with Crippen molar-refractivity contribution in [3.05, 3.63) is 23.8 Å². The molecule has 3 rings (SSSR count). The Labute approximate surface area is 197 Å². The lowest BCUT2D eigenvalue weighted by Crippen LogP contribution is -2.53. The van der Waals surface area contributed by atoms with E-state index in [-0.39, 0.29) is 17.7 Å². The van der Waals surface area contributed by atoms with E-state index in [1.807, 2.05) is 18.7 Å². The number of piperidine rings is 1. The molecule has 2 saturated heterocycles. The first-order valence-corrected chi connectivity index (χ1v) is 12.0. The number of nitrogens with one attached hydrogen (secondary N) is 1. The topological polar surface area (TPSA) is 80.3 Å². The monoisotopic (exact) mass is 461 g/mol. The quantitative estimate of drug-likeness (QED) is 0.608. The zero-order valence-electron chi connectivity index (χ0n) is 20.5. The summed E-state index contributed by atoms with van der Waals surface area (Å²) >= 11 is 0. The Morgan fingerprint density at radius 1 is 1.03 bits per heavy atom. The van der Waals surface area contributed by atoms with E-state index in [0.29, 0.717) is 23.0 Å². The summed E-state index contributed by atoms with van der Waals surface area (Å²) in [7, 11) is 3.09. The van der Waals surface area contributed by atoms with Crippen molar-refractivity contribution in [2.45, 2.75) is 39.2 Å². The highest BCUT2D eigenvalue weighted by atomic mass is 16.5. The molecule has 1 unspecified atom stereocenters. The third kappa shape index (κ3) is 7.08. The lowest BCUT2D eigenvalue weighted by Gasteiger charge is -2.36. The van der Waals surface area contributed by atoms with Crippen molar-refractivity contribution in [1.29, 1.82) is 0 Å². The smallest absolute Gasteiger partial charge is 0.252 e. The molecule has 0 aliphatic carbocycles. The molecule has 0 bridgehead atoms. The van der Waals surface area contributed by atoms with Crippen LogP contribution in [0.15, 0.2) is 18.2 Å². The Hall–Kier alpha value is -2.32. The van der Waals surface area contributed by atoms with Gasteiger partial charge in [-0.2, -0.15) is 0 Å². The number of amides is 2. The molecule has 184 valence electrons. The summed E-state index contributed by atoms with van der Waals surface area (Å²) in [5.41, 5.74) is 0.409.